The van der Waals surface area contributed by atoms with Gasteiger partial charge in [-0.3, -0.25) is 4.79 Å². The van der Waals surface area contributed by atoms with Crippen LogP contribution < -0.4 is 15.5 Å². The molecule has 2 unspecified atom stereocenters. The summed E-state index contributed by atoms with van der Waals surface area (Å²) in [7, 11) is 3.96. The molecule has 0 saturated carbocycles. The Kier molecular flexibility index (Phi) is 6.99. The van der Waals surface area contributed by atoms with E-state index in [4.69, 9.17) is 0 Å². The summed E-state index contributed by atoms with van der Waals surface area (Å²) in [4.78, 5) is 14.3. The van der Waals surface area contributed by atoms with Crippen LogP contribution in [0.1, 0.15) is 30.1 Å². The van der Waals surface area contributed by atoms with E-state index in [1.165, 1.54) is 12.8 Å². The molecule has 1 heterocycles. The fourth-order valence-electron chi connectivity index (χ4n) is 2.64. The van der Waals surface area contributed by atoms with Crippen LogP contribution in [-0.2, 0) is 0 Å². The van der Waals surface area contributed by atoms with Crippen molar-refractivity contribution in [2.45, 2.75) is 25.8 Å². The number of piperidine rings is 1. The second kappa shape index (κ2) is 8.25. The fourth-order valence-corrected chi connectivity index (χ4v) is 2.64. The lowest BCUT2D eigenvalue weighted by Gasteiger charge is -2.29. The van der Waals surface area contributed by atoms with Crippen molar-refractivity contribution in [2.24, 2.45) is 5.92 Å². The largest absolute Gasteiger partial charge is 0.378 e. The molecular weight excluding hydrogens is 286 g/mol. The molecule has 2 rings (SSSR count). The van der Waals surface area contributed by atoms with Gasteiger partial charge in [0.15, 0.2) is 0 Å². The average Bonchev–Trinajstić information content (AvgIpc) is 2.48. The van der Waals surface area contributed by atoms with Crippen molar-refractivity contribution in [3.05, 3.63) is 29.8 Å². The zero-order valence-corrected chi connectivity index (χ0v) is 13.9. The highest BCUT2D eigenvalue weighted by Gasteiger charge is 2.21. The van der Waals surface area contributed by atoms with Gasteiger partial charge in [-0.15, -0.1) is 12.4 Å². The SMILES string of the molecule is CC(NC(=O)c1cccc(N(C)C)c1)C1CCCNC1.Cl. The molecule has 21 heavy (non-hydrogen) atoms. The van der Waals surface area contributed by atoms with Crippen LogP contribution in [-0.4, -0.2) is 39.1 Å². The lowest BCUT2D eigenvalue weighted by molar-refractivity contribution is 0.0922. The molecule has 0 aromatic heterocycles. The summed E-state index contributed by atoms with van der Waals surface area (Å²) in [6.07, 6.45) is 2.38. The zero-order valence-electron chi connectivity index (χ0n) is 13.1. The molecule has 0 aliphatic carbocycles. The molecular formula is C16H26ClN3O. The van der Waals surface area contributed by atoms with E-state index in [9.17, 15) is 4.79 Å². The molecule has 1 aromatic carbocycles. The summed E-state index contributed by atoms with van der Waals surface area (Å²) >= 11 is 0. The van der Waals surface area contributed by atoms with Crippen LogP contribution in [0.2, 0.25) is 0 Å². The number of anilines is 1. The van der Waals surface area contributed by atoms with Crippen molar-refractivity contribution >= 4 is 24.0 Å². The average molecular weight is 312 g/mol. The highest BCUT2D eigenvalue weighted by atomic mass is 35.5. The maximum absolute atomic E-state index is 12.3. The number of halogens is 1. The standard InChI is InChI=1S/C16H25N3O.ClH/c1-12(14-7-5-9-17-11-14)18-16(20)13-6-4-8-15(10-13)19(2)3;/h4,6,8,10,12,14,17H,5,7,9,11H2,1-3H3,(H,18,20);1H. The summed E-state index contributed by atoms with van der Waals surface area (Å²) in [6, 6.07) is 7.94. The second-order valence-corrected chi connectivity index (χ2v) is 5.81. The van der Waals surface area contributed by atoms with Crippen molar-refractivity contribution in [2.75, 3.05) is 32.1 Å². The summed E-state index contributed by atoms with van der Waals surface area (Å²) in [5, 5.41) is 6.53. The van der Waals surface area contributed by atoms with Crippen LogP contribution in [0.25, 0.3) is 0 Å². The number of hydrogen-bond donors (Lipinski definition) is 2. The third kappa shape index (κ3) is 4.90. The van der Waals surface area contributed by atoms with Crippen LogP contribution >= 0.6 is 12.4 Å². The smallest absolute Gasteiger partial charge is 0.251 e. The number of hydrogen-bond acceptors (Lipinski definition) is 3. The Morgan fingerprint density at radius 3 is 2.81 bits per heavy atom. The highest BCUT2D eigenvalue weighted by molar-refractivity contribution is 5.95. The third-order valence-electron chi connectivity index (χ3n) is 4.03. The van der Waals surface area contributed by atoms with Gasteiger partial charge in [-0.2, -0.15) is 0 Å². The molecule has 5 heteroatoms. The van der Waals surface area contributed by atoms with E-state index >= 15 is 0 Å². The Labute approximate surface area is 133 Å². The number of amides is 1. The molecule has 0 radical (unpaired) electrons. The molecule has 1 amide bonds. The Morgan fingerprint density at radius 1 is 1.43 bits per heavy atom. The number of benzene rings is 1. The first-order chi connectivity index (χ1) is 9.58. The Hall–Kier alpha value is -1.26. The lowest BCUT2D eigenvalue weighted by Crippen LogP contribution is -2.44. The van der Waals surface area contributed by atoms with Gasteiger partial charge >= 0.3 is 0 Å². The van der Waals surface area contributed by atoms with Gasteiger partial charge in [0, 0.05) is 31.4 Å². The van der Waals surface area contributed by atoms with Crippen LogP contribution in [0.15, 0.2) is 24.3 Å². The monoisotopic (exact) mass is 311 g/mol. The first-order valence-electron chi connectivity index (χ1n) is 7.37. The molecule has 0 spiro atoms. The third-order valence-corrected chi connectivity index (χ3v) is 4.03. The van der Waals surface area contributed by atoms with E-state index in [2.05, 4.69) is 17.6 Å². The van der Waals surface area contributed by atoms with Gasteiger partial charge in [0.25, 0.3) is 5.91 Å². The number of carbonyl (C=O) groups is 1. The van der Waals surface area contributed by atoms with Crippen molar-refractivity contribution in [1.82, 2.24) is 10.6 Å². The predicted octanol–water partition coefficient (Wildman–Crippen LogP) is 2.29. The van der Waals surface area contributed by atoms with Crippen LogP contribution in [0.5, 0.6) is 0 Å². The molecule has 2 atom stereocenters. The Bertz CT molecular complexity index is 459. The Balaban J connectivity index is 0.00000220. The van der Waals surface area contributed by atoms with Gasteiger partial charge in [-0.05, 0) is 57.0 Å². The topological polar surface area (TPSA) is 44.4 Å². The molecule has 1 aromatic rings. The predicted molar refractivity (Wildman–Crippen MR) is 90.5 cm³/mol. The van der Waals surface area contributed by atoms with Crippen LogP contribution in [0.4, 0.5) is 5.69 Å². The minimum Gasteiger partial charge on any atom is -0.378 e. The van der Waals surface area contributed by atoms with Gasteiger partial charge in [-0.1, -0.05) is 6.07 Å². The molecule has 1 fully saturated rings. The van der Waals surface area contributed by atoms with E-state index in [-0.39, 0.29) is 24.4 Å². The fraction of sp³-hybridized carbons (Fsp3) is 0.562. The minimum atomic E-state index is 0. The summed E-state index contributed by atoms with van der Waals surface area (Å²) in [5.41, 5.74) is 1.77. The van der Waals surface area contributed by atoms with Crippen molar-refractivity contribution in [3.63, 3.8) is 0 Å². The maximum Gasteiger partial charge on any atom is 0.251 e. The second-order valence-electron chi connectivity index (χ2n) is 5.81. The number of carbonyl (C=O) groups excluding carboxylic acids is 1. The molecule has 0 bridgehead atoms. The molecule has 118 valence electrons. The summed E-state index contributed by atoms with van der Waals surface area (Å²) in [6.45, 7) is 4.20. The molecule has 4 nitrogen and oxygen atoms in total. The van der Waals surface area contributed by atoms with Gasteiger partial charge in [0.05, 0.1) is 0 Å². The molecule has 1 aliphatic heterocycles. The van der Waals surface area contributed by atoms with E-state index in [0.29, 0.717) is 5.92 Å². The Morgan fingerprint density at radius 2 is 2.19 bits per heavy atom. The first kappa shape index (κ1) is 17.8. The van der Waals surface area contributed by atoms with Crippen molar-refractivity contribution in [1.29, 1.82) is 0 Å². The molecule has 2 N–H and O–H groups in total. The number of rotatable bonds is 4. The maximum atomic E-state index is 12.3. The van der Waals surface area contributed by atoms with E-state index in [1.807, 2.05) is 43.3 Å². The summed E-state index contributed by atoms with van der Waals surface area (Å²) < 4.78 is 0. The van der Waals surface area contributed by atoms with Gasteiger partial charge in [-0.25, -0.2) is 0 Å². The lowest BCUT2D eigenvalue weighted by atomic mass is 9.92. The normalized spacial score (nSPS) is 19.3. The van der Waals surface area contributed by atoms with E-state index in [1.54, 1.807) is 0 Å². The van der Waals surface area contributed by atoms with Crippen LogP contribution in [0.3, 0.4) is 0 Å². The molecule has 1 aliphatic rings. The van der Waals surface area contributed by atoms with Crippen LogP contribution in [0, 0.1) is 5.92 Å². The van der Waals surface area contributed by atoms with Crippen molar-refractivity contribution in [3.8, 4) is 0 Å². The zero-order chi connectivity index (χ0) is 14.5. The summed E-state index contributed by atoms with van der Waals surface area (Å²) in [5.74, 6) is 0.552. The van der Waals surface area contributed by atoms with Gasteiger partial charge in [0.1, 0.15) is 0 Å². The van der Waals surface area contributed by atoms with Gasteiger partial charge < -0.3 is 15.5 Å². The van der Waals surface area contributed by atoms with Crippen molar-refractivity contribution < 1.29 is 4.79 Å². The number of nitrogens with zero attached hydrogens (tertiary/aromatic N) is 1. The quantitative estimate of drug-likeness (QED) is 0.897. The minimum absolute atomic E-state index is 0. The van der Waals surface area contributed by atoms with Gasteiger partial charge in [0.2, 0.25) is 0 Å². The highest BCUT2D eigenvalue weighted by Crippen LogP contribution is 2.16. The van der Waals surface area contributed by atoms with E-state index < -0.39 is 0 Å². The number of nitrogens with one attached hydrogen (secondary N) is 2. The first-order valence-corrected chi connectivity index (χ1v) is 7.37. The van der Waals surface area contributed by atoms with E-state index in [0.717, 1.165) is 24.3 Å². The molecule has 1 saturated heterocycles.